The van der Waals surface area contributed by atoms with Gasteiger partial charge in [-0.3, -0.25) is 4.79 Å². The van der Waals surface area contributed by atoms with Gasteiger partial charge in [-0.2, -0.15) is 0 Å². The minimum Gasteiger partial charge on any atom is -0.366 e. The van der Waals surface area contributed by atoms with E-state index in [-0.39, 0.29) is 0 Å². The molecule has 0 aliphatic carbocycles. The summed E-state index contributed by atoms with van der Waals surface area (Å²) in [5.74, 6) is 0.334. The molecule has 128 valence electrons. The molecular weight excluding hydrogens is 322 g/mol. The monoisotopic (exact) mass is 341 g/mol. The standard InChI is InChI=1S/C22H19N3O/c1-14-4-2-3-5-17(14)12-15-6-8-16(9-7-15)22-24-19-11-10-18(21(23)26)13-20(19)25-22/h2-11,13H,12H2,1H3,(H2,23,26)(H,24,25). The molecule has 0 radical (unpaired) electrons. The molecule has 3 N–H and O–H groups in total. The van der Waals surface area contributed by atoms with Gasteiger partial charge >= 0.3 is 0 Å². The van der Waals surface area contributed by atoms with Crippen LogP contribution < -0.4 is 5.73 Å². The summed E-state index contributed by atoms with van der Waals surface area (Å²) >= 11 is 0. The number of aromatic amines is 1. The number of aryl methyl sites for hydroxylation is 1. The van der Waals surface area contributed by atoms with Crippen molar-refractivity contribution >= 4 is 16.9 Å². The maximum absolute atomic E-state index is 11.3. The molecule has 0 fully saturated rings. The molecule has 0 spiro atoms. The van der Waals surface area contributed by atoms with Gasteiger partial charge in [0.2, 0.25) is 5.91 Å². The van der Waals surface area contributed by atoms with E-state index in [4.69, 9.17) is 5.73 Å². The van der Waals surface area contributed by atoms with Crippen molar-refractivity contribution in [3.05, 3.63) is 89.0 Å². The van der Waals surface area contributed by atoms with Crippen molar-refractivity contribution in [1.29, 1.82) is 0 Å². The second-order valence-corrected chi connectivity index (χ2v) is 6.48. The summed E-state index contributed by atoms with van der Waals surface area (Å²) in [4.78, 5) is 19.2. The number of H-pyrrole nitrogens is 1. The summed E-state index contributed by atoms with van der Waals surface area (Å²) in [7, 11) is 0. The predicted octanol–water partition coefficient (Wildman–Crippen LogP) is 4.23. The molecule has 0 bridgehead atoms. The average Bonchev–Trinajstić information content (AvgIpc) is 3.07. The first-order chi connectivity index (χ1) is 12.6. The normalized spacial score (nSPS) is 11.0. The van der Waals surface area contributed by atoms with E-state index in [2.05, 4.69) is 65.4 Å². The summed E-state index contributed by atoms with van der Waals surface area (Å²) in [6, 6.07) is 22.1. The third-order valence-corrected chi connectivity index (χ3v) is 4.65. The first kappa shape index (κ1) is 16.1. The number of carbonyl (C=O) groups excluding carboxylic acids is 1. The number of amides is 1. The lowest BCUT2D eigenvalue weighted by molar-refractivity contribution is 0.100. The van der Waals surface area contributed by atoms with Crippen LogP contribution in [0.25, 0.3) is 22.4 Å². The van der Waals surface area contributed by atoms with Crippen molar-refractivity contribution in [3.8, 4) is 11.4 Å². The van der Waals surface area contributed by atoms with Gasteiger partial charge in [0.15, 0.2) is 0 Å². The van der Waals surface area contributed by atoms with Crippen LogP contribution >= 0.6 is 0 Å². The van der Waals surface area contributed by atoms with Crippen molar-refractivity contribution in [1.82, 2.24) is 9.97 Å². The topological polar surface area (TPSA) is 71.8 Å². The van der Waals surface area contributed by atoms with Gasteiger partial charge in [-0.1, -0.05) is 48.5 Å². The van der Waals surface area contributed by atoms with Crippen LogP contribution in [-0.4, -0.2) is 15.9 Å². The van der Waals surface area contributed by atoms with E-state index in [1.54, 1.807) is 12.1 Å². The maximum Gasteiger partial charge on any atom is 0.248 e. The number of benzene rings is 3. The van der Waals surface area contributed by atoms with E-state index < -0.39 is 5.91 Å². The lowest BCUT2D eigenvalue weighted by Crippen LogP contribution is -2.10. The number of fused-ring (bicyclic) bond motifs is 1. The molecule has 1 heterocycles. The average molecular weight is 341 g/mol. The fourth-order valence-corrected chi connectivity index (χ4v) is 3.10. The highest BCUT2D eigenvalue weighted by molar-refractivity contribution is 5.96. The number of carbonyl (C=O) groups is 1. The molecule has 1 aromatic heterocycles. The molecule has 0 unspecified atom stereocenters. The largest absolute Gasteiger partial charge is 0.366 e. The quantitative estimate of drug-likeness (QED) is 0.583. The maximum atomic E-state index is 11.3. The molecule has 4 rings (SSSR count). The van der Waals surface area contributed by atoms with Gasteiger partial charge in [-0.05, 0) is 48.2 Å². The highest BCUT2D eigenvalue weighted by Gasteiger charge is 2.08. The minimum absolute atomic E-state index is 0.447. The molecular formula is C22H19N3O. The predicted molar refractivity (Wildman–Crippen MR) is 104 cm³/mol. The Morgan fingerprint density at radius 3 is 2.54 bits per heavy atom. The smallest absolute Gasteiger partial charge is 0.248 e. The number of nitrogens with one attached hydrogen (secondary N) is 1. The Hall–Kier alpha value is -3.40. The zero-order valence-corrected chi connectivity index (χ0v) is 14.5. The molecule has 4 aromatic rings. The third-order valence-electron chi connectivity index (χ3n) is 4.65. The molecule has 4 nitrogen and oxygen atoms in total. The number of hydrogen-bond acceptors (Lipinski definition) is 2. The van der Waals surface area contributed by atoms with Crippen LogP contribution in [0.2, 0.25) is 0 Å². The summed E-state index contributed by atoms with van der Waals surface area (Å²) in [6.45, 7) is 2.14. The van der Waals surface area contributed by atoms with Crippen LogP contribution in [0.15, 0.2) is 66.7 Å². The van der Waals surface area contributed by atoms with Crippen molar-refractivity contribution in [2.75, 3.05) is 0 Å². The molecule has 26 heavy (non-hydrogen) atoms. The SMILES string of the molecule is Cc1ccccc1Cc1ccc(-c2nc3cc(C(N)=O)ccc3[nH]2)cc1. The number of nitrogens with two attached hydrogens (primary N) is 1. The van der Waals surface area contributed by atoms with Crippen molar-refractivity contribution in [2.45, 2.75) is 13.3 Å². The van der Waals surface area contributed by atoms with E-state index in [0.29, 0.717) is 5.56 Å². The molecule has 4 heteroatoms. The van der Waals surface area contributed by atoms with Gasteiger partial charge in [-0.25, -0.2) is 4.98 Å². The Labute approximate surface area is 151 Å². The summed E-state index contributed by atoms with van der Waals surface area (Å²) < 4.78 is 0. The molecule has 1 amide bonds. The van der Waals surface area contributed by atoms with Crippen LogP contribution in [0.3, 0.4) is 0 Å². The van der Waals surface area contributed by atoms with E-state index in [9.17, 15) is 4.79 Å². The number of imidazole rings is 1. The van der Waals surface area contributed by atoms with Crippen LogP contribution in [0.5, 0.6) is 0 Å². The highest BCUT2D eigenvalue weighted by Crippen LogP contribution is 2.23. The number of primary amides is 1. The Bertz CT molecular complexity index is 1090. The zero-order chi connectivity index (χ0) is 18.1. The van der Waals surface area contributed by atoms with E-state index in [1.807, 2.05) is 6.07 Å². The minimum atomic E-state index is -0.447. The number of hydrogen-bond donors (Lipinski definition) is 2. The lowest BCUT2D eigenvalue weighted by atomic mass is 10.00. The first-order valence-corrected chi connectivity index (χ1v) is 8.53. The molecule has 0 atom stereocenters. The Kier molecular flexibility index (Phi) is 4.01. The first-order valence-electron chi connectivity index (χ1n) is 8.53. The second kappa shape index (κ2) is 6.48. The fourth-order valence-electron chi connectivity index (χ4n) is 3.10. The van der Waals surface area contributed by atoms with Crippen molar-refractivity contribution in [3.63, 3.8) is 0 Å². The second-order valence-electron chi connectivity index (χ2n) is 6.48. The zero-order valence-electron chi connectivity index (χ0n) is 14.5. The van der Waals surface area contributed by atoms with Gasteiger partial charge < -0.3 is 10.7 Å². The number of rotatable bonds is 4. The summed E-state index contributed by atoms with van der Waals surface area (Å²) in [5.41, 5.74) is 12.3. The molecule has 0 aliphatic rings. The van der Waals surface area contributed by atoms with Crippen LogP contribution in [0, 0.1) is 6.92 Å². The highest BCUT2D eigenvalue weighted by atomic mass is 16.1. The summed E-state index contributed by atoms with van der Waals surface area (Å²) in [5, 5.41) is 0. The fraction of sp³-hybridized carbons (Fsp3) is 0.0909. The molecule has 0 saturated carbocycles. The van der Waals surface area contributed by atoms with Gasteiger partial charge in [0.25, 0.3) is 0 Å². The van der Waals surface area contributed by atoms with Crippen LogP contribution in [-0.2, 0) is 6.42 Å². The van der Waals surface area contributed by atoms with E-state index in [0.717, 1.165) is 28.8 Å². The molecule has 3 aromatic carbocycles. The number of nitrogens with zero attached hydrogens (tertiary/aromatic N) is 1. The van der Waals surface area contributed by atoms with Gasteiger partial charge in [0.05, 0.1) is 11.0 Å². The van der Waals surface area contributed by atoms with E-state index >= 15 is 0 Å². The van der Waals surface area contributed by atoms with Crippen molar-refractivity contribution in [2.24, 2.45) is 5.73 Å². The lowest BCUT2D eigenvalue weighted by Gasteiger charge is -2.06. The van der Waals surface area contributed by atoms with Gasteiger partial charge in [-0.15, -0.1) is 0 Å². The Balaban J connectivity index is 1.61. The van der Waals surface area contributed by atoms with Crippen LogP contribution in [0.4, 0.5) is 0 Å². The number of aromatic nitrogens is 2. The Morgan fingerprint density at radius 2 is 1.81 bits per heavy atom. The van der Waals surface area contributed by atoms with Gasteiger partial charge in [0, 0.05) is 11.1 Å². The third kappa shape index (κ3) is 3.09. The van der Waals surface area contributed by atoms with Gasteiger partial charge in [0.1, 0.15) is 5.82 Å². The molecule has 0 aliphatic heterocycles. The van der Waals surface area contributed by atoms with Crippen molar-refractivity contribution < 1.29 is 4.79 Å². The van der Waals surface area contributed by atoms with Crippen LogP contribution in [0.1, 0.15) is 27.0 Å². The molecule has 0 saturated heterocycles. The van der Waals surface area contributed by atoms with E-state index in [1.165, 1.54) is 16.7 Å². The summed E-state index contributed by atoms with van der Waals surface area (Å²) in [6.07, 6.45) is 0.912. The Morgan fingerprint density at radius 1 is 1.04 bits per heavy atom.